The molecule has 0 fully saturated rings. The summed E-state index contributed by atoms with van der Waals surface area (Å²) in [5.41, 5.74) is 2.54. The van der Waals surface area contributed by atoms with Crippen LogP contribution in [0.3, 0.4) is 0 Å². The van der Waals surface area contributed by atoms with E-state index in [4.69, 9.17) is 0 Å². The topological polar surface area (TPSA) is 46.3 Å². The number of anilines is 1. The van der Waals surface area contributed by atoms with E-state index in [0.29, 0.717) is 24.3 Å². The maximum Gasteiger partial charge on any atom is 0.453 e. The predicted octanol–water partition coefficient (Wildman–Crippen LogP) is 3.86. The Morgan fingerprint density at radius 3 is 2.33 bits per heavy atom. The highest BCUT2D eigenvalue weighted by atomic mass is 19.4. The summed E-state index contributed by atoms with van der Waals surface area (Å²) in [6, 6.07) is 15.3. The van der Waals surface area contributed by atoms with Gasteiger partial charge in [-0.3, -0.25) is 0 Å². The van der Waals surface area contributed by atoms with Crippen LogP contribution in [0.4, 0.5) is 19.0 Å². The molecule has 0 unspecified atom stereocenters. The summed E-state index contributed by atoms with van der Waals surface area (Å²) in [5, 5.41) is 12.8. The highest BCUT2D eigenvalue weighted by Crippen LogP contribution is 2.34. The molecule has 0 atom stereocenters. The van der Waals surface area contributed by atoms with Crippen LogP contribution in [0.25, 0.3) is 16.4 Å². The van der Waals surface area contributed by atoms with Crippen LogP contribution >= 0.6 is 0 Å². The fourth-order valence-corrected chi connectivity index (χ4v) is 3.65. The molecule has 8 heteroatoms. The van der Waals surface area contributed by atoms with Gasteiger partial charge in [-0.2, -0.15) is 17.7 Å². The molecular weight excluding hydrogens is 355 g/mol. The first-order chi connectivity index (χ1) is 13.0. The van der Waals surface area contributed by atoms with E-state index < -0.39 is 12.0 Å². The summed E-state index contributed by atoms with van der Waals surface area (Å²) in [5.74, 6) is -0.597. The SMILES string of the molecule is FC(F)(F)c1nnc2c3ccccc3c(N3CCc4ccccc4C3)nn12. The second kappa shape index (κ2) is 5.67. The van der Waals surface area contributed by atoms with E-state index in [1.807, 2.05) is 35.2 Å². The Hall–Kier alpha value is -3.16. The van der Waals surface area contributed by atoms with Crippen molar-refractivity contribution in [2.45, 2.75) is 19.1 Å². The summed E-state index contributed by atoms with van der Waals surface area (Å²) in [7, 11) is 0. The fraction of sp³-hybridized carbons (Fsp3) is 0.211. The van der Waals surface area contributed by atoms with E-state index in [9.17, 15) is 13.2 Å². The number of nitrogens with zero attached hydrogens (tertiary/aromatic N) is 5. The third-order valence-electron chi connectivity index (χ3n) is 4.93. The molecule has 5 nitrogen and oxygen atoms in total. The first-order valence-corrected chi connectivity index (χ1v) is 8.55. The quantitative estimate of drug-likeness (QED) is 0.511. The molecule has 0 N–H and O–H groups in total. The molecule has 1 aliphatic heterocycles. The van der Waals surface area contributed by atoms with Crippen LogP contribution in [0, 0.1) is 0 Å². The van der Waals surface area contributed by atoms with Crippen molar-refractivity contribution in [1.82, 2.24) is 19.8 Å². The van der Waals surface area contributed by atoms with Gasteiger partial charge in [-0.25, -0.2) is 0 Å². The molecule has 0 bridgehead atoms. The lowest BCUT2D eigenvalue weighted by molar-refractivity contribution is -0.146. The van der Waals surface area contributed by atoms with Crippen LogP contribution in [-0.2, 0) is 19.1 Å². The van der Waals surface area contributed by atoms with Gasteiger partial charge in [0.05, 0.1) is 0 Å². The van der Waals surface area contributed by atoms with Gasteiger partial charge in [0.1, 0.15) is 0 Å². The Kier molecular flexibility index (Phi) is 3.37. The molecule has 0 saturated carbocycles. The van der Waals surface area contributed by atoms with E-state index in [1.165, 1.54) is 5.56 Å². The summed E-state index contributed by atoms with van der Waals surface area (Å²) in [6.45, 7) is 1.28. The van der Waals surface area contributed by atoms with Gasteiger partial charge in [-0.15, -0.1) is 15.3 Å². The zero-order chi connectivity index (χ0) is 18.6. The third-order valence-corrected chi connectivity index (χ3v) is 4.93. The normalized spacial score (nSPS) is 14.7. The molecule has 136 valence electrons. The van der Waals surface area contributed by atoms with Crippen molar-refractivity contribution in [3.8, 4) is 0 Å². The first kappa shape index (κ1) is 16.0. The molecule has 2 aromatic carbocycles. The molecule has 0 radical (unpaired) electrons. The third kappa shape index (κ3) is 2.51. The zero-order valence-corrected chi connectivity index (χ0v) is 14.1. The minimum Gasteiger partial charge on any atom is -0.350 e. The van der Waals surface area contributed by atoms with Crippen LogP contribution in [0.5, 0.6) is 0 Å². The summed E-state index contributed by atoms with van der Waals surface area (Å²) in [4.78, 5) is 2.02. The number of hydrogen-bond donors (Lipinski definition) is 0. The average molecular weight is 369 g/mol. The van der Waals surface area contributed by atoms with Crippen LogP contribution < -0.4 is 4.90 Å². The number of fused-ring (bicyclic) bond motifs is 4. The van der Waals surface area contributed by atoms with Gasteiger partial charge in [0.15, 0.2) is 11.5 Å². The van der Waals surface area contributed by atoms with Crippen LogP contribution in [0.15, 0.2) is 48.5 Å². The standard InChI is InChI=1S/C19H14F3N5/c20-19(21,22)18-24-23-16-14-7-3-4-8-15(14)17(25-27(16)18)26-10-9-12-5-1-2-6-13(12)11-26/h1-8H,9-11H2. The second-order valence-corrected chi connectivity index (χ2v) is 6.57. The monoisotopic (exact) mass is 369 g/mol. The highest BCUT2D eigenvalue weighted by molar-refractivity contribution is 6.00. The van der Waals surface area contributed by atoms with Gasteiger partial charge < -0.3 is 4.90 Å². The maximum absolute atomic E-state index is 13.3. The summed E-state index contributed by atoms with van der Waals surface area (Å²) < 4.78 is 40.9. The molecule has 4 aromatic rings. The predicted molar refractivity (Wildman–Crippen MR) is 94.5 cm³/mol. The Morgan fingerprint density at radius 2 is 1.56 bits per heavy atom. The van der Waals surface area contributed by atoms with Crippen molar-refractivity contribution in [3.05, 3.63) is 65.5 Å². The molecule has 5 rings (SSSR count). The van der Waals surface area contributed by atoms with Crippen molar-refractivity contribution >= 4 is 22.2 Å². The first-order valence-electron chi connectivity index (χ1n) is 8.55. The van der Waals surface area contributed by atoms with E-state index in [1.54, 1.807) is 12.1 Å². The van der Waals surface area contributed by atoms with Crippen molar-refractivity contribution in [3.63, 3.8) is 0 Å². The van der Waals surface area contributed by atoms with Gasteiger partial charge in [0.2, 0.25) is 0 Å². The van der Waals surface area contributed by atoms with Crippen LogP contribution in [-0.4, -0.2) is 26.4 Å². The molecular formula is C19H14F3N5. The Morgan fingerprint density at radius 1 is 0.852 bits per heavy atom. The van der Waals surface area contributed by atoms with E-state index >= 15 is 0 Å². The molecule has 0 aliphatic carbocycles. The summed E-state index contributed by atoms with van der Waals surface area (Å²) >= 11 is 0. The van der Waals surface area contributed by atoms with Crippen LogP contribution in [0.2, 0.25) is 0 Å². The number of alkyl halides is 3. The molecule has 3 heterocycles. The molecule has 0 spiro atoms. The number of hydrogen-bond acceptors (Lipinski definition) is 4. The van der Waals surface area contributed by atoms with Crippen molar-refractivity contribution in [2.24, 2.45) is 0 Å². The van der Waals surface area contributed by atoms with Crippen LogP contribution in [0.1, 0.15) is 17.0 Å². The smallest absolute Gasteiger partial charge is 0.350 e. The lowest BCUT2D eigenvalue weighted by Gasteiger charge is -2.30. The van der Waals surface area contributed by atoms with E-state index in [0.717, 1.165) is 21.9 Å². The molecule has 0 saturated heterocycles. The zero-order valence-electron chi connectivity index (χ0n) is 14.1. The van der Waals surface area contributed by atoms with Gasteiger partial charge in [-0.1, -0.05) is 48.5 Å². The summed E-state index contributed by atoms with van der Waals surface area (Å²) in [6.07, 6.45) is -3.81. The molecule has 1 aliphatic rings. The van der Waals surface area contributed by atoms with Gasteiger partial charge in [0, 0.05) is 23.9 Å². The van der Waals surface area contributed by atoms with E-state index in [-0.39, 0.29) is 5.65 Å². The number of halogens is 3. The van der Waals surface area contributed by atoms with Crippen molar-refractivity contribution < 1.29 is 13.2 Å². The minimum atomic E-state index is -4.62. The molecule has 27 heavy (non-hydrogen) atoms. The Bertz CT molecular complexity index is 1170. The number of aromatic nitrogens is 4. The molecule has 0 amide bonds. The fourth-order valence-electron chi connectivity index (χ4n) is 3.65. The average Bonchev–Trinajstić information content (AvgIpc) is 3.12. The number of benzene rings is 2. The lowest BCUT2D eigenvalue weighted by atomic mass is 9.99. The number of rotatable bonds is 1. The van der Waals surface area contributed by atoms with Crippen molar-refractivity contribution in [2.75, 3.05) is 11.4 Å². The largest absolute Gasteiger partial charge is 0.453 e. The van der Waals surface area contributed by atoms with Gasteiger partial charge in [-0.05, 0) is 17.5 Å². The second-order valence-electron chi connectivity index (χ2n) is 6.57. The minimum absolute atomic E-state index is 0.110. The maximum atomic E-state index is 13.3. The van der Waals surface area contributed by atoms with Gasteiger partial charge >= 0.3 is 6.18 Å². The highest BCUT2D eigenvalue weighted by Gasteiger charge is 2.38. The Labute approximate surface area is 152 Å². The Balaban J connectivity index is 1.73. The molecule has 2 aromatic heterocycles. The van der Waals surface area contributed by atoms with Gasteiger partial charge in [0.25, 0.3) is 5.82 Å². The lowest BCUT2D eigenvalue weighted by Crippen LogP contribution is -2.31. The van der Waals surface area contributed by atoms with Crippen molar-refractivity contribution in [1.29, 1.82) is 0 Å². The van der Waals surface area contributed by atoms with E-state index in [2.05, 4.69) is 21.4 Å².